The maximum Gasteiger partial charge on any atom is 0.322 e. The SMILES string of the molecule is CCc1cccc(CC)c1-n1c(CC(C)C)c(C(=O)N2CCNC(C(=O)O)C2)cc(-c2nc(-c3ccc(Cl)cc3)cs2)c1=O. The van der Waals surface area contributed by atoms with Crippen LogP contribution in [-0.4, -0.2) is 57.1 Å². The summed E-state index contributed by atoms with van der Waals surface area (Å²) in [6, 6.07) is 14.3. The third kappa shape index (κ3) is 6.36. The van der Waals surface area contributed by atoms with Crippen LogP contribution in [0.4, 0.5) is 0 Å². The lowest BCUT2D eigenvalue weighted by Crippen LogP contribution is -2.56. The van der Waals surface area contributed by atoms with Gasteiger partial charge in [-0.15, -0.1) is 11.3 Å². The zero-order valence-electron chi connectivity index (χ0n) is 25.4. The molecule has 2 aromatic carbocycles. The van der Waals surface area contributed by atoms with E-state index in [0.717, 1.165) is 22.4 Å². The maximum absolute atomic E-state index is 14.7. The number of nitrogens with zero attached hydrogens (tertiary/aromatic N) is 3. The van der Waals surface area contributed by atoms with Crippen molar-refractivity contribution in [3.05, 3.63) is 91.7 Å². The number of carboxylic acids is 1. The molecule has 44 heavy (non-hydrogen) atoms. The van der Waals surface area contributed by atoms with E-state index < -0.39 is 12.0 Å². The van der Waals surface area contributed by atoms with E-state index >= 15 is 0 Å². The maximum atomic E-state index is 14.7. The number of benzene rings is 2. The van der Waals surface area contributed by atoms with Crippen molar-refractivity contribution in [1.29, 1.82) is 0 Å². The van der Waals surface area contributed by atoms with Crippen LogP contribution < -0.4 is 10.9 Å². The van der Waals surface area contributed by atoms with Crippen LogP contribution in [0.15, 0.2) is 58.7 Å². The van der Waals surface area contributed by atoms with E-state index in [0.29, 0.717) is 64.9 Å². The number of pyridine rings is 1. The lowest BCUT2D eigenvalue weighted by Gasteiger charge is -2.33. The second-order valence-corrected chi connectivity index (χ2v) is 12.7. The Kier molecular flexibility index (Phi) is 9.68. The molecule has 1 amide bonds. The van der Waals surface area contributed by atoms with Crippen molar-refractivity contribution in [1.82, 2.24) is 19.8 Å². The molecule has 0 aliphatic carbocycles. The second kappa shape index (κ2) is 13.5. The largest absolute Gasteiger partial charge is 0.480 e. The summed E-state index contributed by atoms with van der Waals surface area (Å²) >= 11 is 7.45. The summed E-state index contributed by atoms with van der Waals surface area (Å²) in [4.78, 5) is 47.3. The van der Waals surface area contributed by atoms with E-state index in [4.69, 9.17) is 16.6 Å². The van der Waals surface area contributed by atoms with Gasteiger partial charge in [0.05, 0.1) is 22.5 Å². The third-order valence-corrected chi connectivity index (χ3v) is 9.09. The van der Waals surface area contributed by atoms with E-state index in [1.807, 2.05) is 35.7 Å². The number of rotatable bonds is 9. The number of aromatic nitrogens is 2. The van der Waals surface area contributed by atoms with Gasteiger partial charge in [-0.25, -0.2) is 4.98 Å². The summed E-state index contributed by atoms with van der Waals surface area (Å²) in [6.07, 6.45) is 1.90. The molecule has 1 fully saturated rings. The number of nitrogens with one attached hydrogen (secondary N) is 1. The average Bonchev–Trinajstić information content (AvgIpc) is 3.51. The lowest BCUT2D eigenvalue weighted by molar-refractivity contribution is -0.140. The minimum absolute atomic E-state index is 0.0352. The Balaban J connectivity index is 1.78. The topological polar surface area (TPSA) is 105 Å². The number of thiazole rings is 1. The monoisotopic (exact) mass is 632 g/mol. The number of amides is 1. The molecule has 8 nitrogen and oxygen atoms in total. The molecule has 5 rings (SSSR count). The van der Waals surface area contributed by atoms with Gasteiger partial charge in [-0.3, -0.25) is 19.0 Å². The summed E-state index contributed by atoms with van der Waals surface area (Å²) in [5.74, 6) is -1.15. The number of piperazine rings is 1. The highest BCUT2D eigenvalue weighted by Gasteiger charge is 2.32. The van der Waals surface area contributed by atoms with Gasteiger partial charge in [0.1, 0.15) is 11.0 Å². The molecule has 230 valence electrons. The fraction of sp³-hybridized carbons (Fsp3) is 0.353. The van der Waals surface area contributed by atoms with Crippen LogP contribution in [0.1, 0.15) is 54.9 Å². The molecule has 1 aliphatic rings. The zero-order valence-corrected chi connectivity index (χ0v) is 27.0. The fourth-order valence-electron chi connectivity index (χ4n) is 5.74. The van der Waals surface area contributed by atoms with Gasteiger partial charge in [-0.1, -0.05) is 69.6 Å². The number of aryl methyl sites for hydroxylation is 2. The van der Waals surface area contributed by atoms with Crippen molar-refractivity contribution < 1.29 is 14.7 Å². The summed E-state index contributed by atoms with van der Waals surface area (Å²) in [5.41, 5.74) is 5.56. The summed E-state index contributed by atoms with van der Waals surface area (Å²) in [7, 11) is 0. The van der Waals surface area contributed by atoms with Crippen LogP contribution in [0, 0.1) is 5.92 Å². The fourth-order valence-corrected chi connectivity index (χ4v) is 6.70. The molecule has 1 aliphatic heterocycles. The molecule has 0 bridgehead atoms. The molecule has 0 spiro atoms. The van der Waals surface area contributed by atoms with Crippen molar-refractivity contribution in [2.75, 3.05) is 19.6 Å². The third-order valence-electron chi connectivity index (χ3n) is 7.96. The Hall–Kier alpha value is -3.79. The van der Waals surface area contributed by atoms with Gasteiger partial charge in [0.2, 0.25) is 0 Å². The predicted octanol–water partition coefficient (Wildman–Crippen LogP) is 6.10. The standard InChI is InChI=1S/C34H37ClN4O4S/c1-5-21-8-7-9-22(6-2)30(21)39-29(16-20(3)4)25(32(40)38-15-14-36-27(18-38)34(42)43)17-26(33(39)41)31-37-28(19-44-31)23-10-12-24(35)13-11-23/h7-13,17,19-20,27,36H,5-6,14-16,18H2,1-4H3,(H,42,43). The van der Waals surface area contributed by atoms with Gasteiger partial charge in [-0.05, 0) is 54.5 Å². The minimum Gasteiger partial charge on any atom is -0.480 e. The summed E-state index contributed by atoms with van der Waals surface area (Å²) in [6.45, 7) is 9.02. The lowest BCUT2D eigenvalue weighted by atomic mass is 9.96. The second-order valence-electron chi connectivity index (χ2n) is 11.4. The summed E-state index contributed by atoms with van der Waals surface area (Å²) < 4.78 is 1.75. The Morgan fingerprint density at radius 1 is 1.11 bits per heavy atom. The quantitative estimate of drug-likeness (QED) is 0.231. The van der Waals surface area contributed by atoms with Crippen LogP contribution in [0.3, 0.4) is 0 Å². The highest BCUT2D eigenvalue weighted by molar-refractivity contribution is 7.13. The van der Waals surface area contributed by atoms with Crippen LogP contribution in [0.5, 0.6) is 0 Å². The molecule has 4 aromatic rings. The first-order valence-electron chi connectivity index (χ1n) is 15.0. The molecule has 3 heterocycles. The number of para-hydroxylation sites is 1. The van der Waals surface area contributed by atoms with E-state index in [1.165, 1.54) is 11.3 Å². The molecule has 2 N–H and O–H groups in total. The zero-order chi connectivity index (χ0) is 31.5. The molecular weight excluding hydrogens is 596 g/mol. The minimum atomic E-state index is -1.00. The Morgan fingerprint density at radius 3 is 2.41 bits per heavy atom. The van der Waals surface area contributed by atoms with E-state index in [9.17, 15) is 19.5 Å². The molecule has 1 saturated heterocycles. The number of carbonyl (C=O) groups is 2. The Labute approximate surface area is 266 Å². The van der Waals surface area contributed by atoms with Gasteiger partial charge in [-0.2, -0.15) is 0 Å². The van der Waals surface area contributed by atoms with Gasteiger partial charge in [0, 0.05) is 41.3 Å². The normalized spacial score (nSPS) is 15.1. The molecule has 10 heteroatoms. The number of halogens is 1. The van der Waals surface area contributed by atoms with E-state index in [2.05, 4.69) is 33.0 Å². The van der Waals surface area contributed by atoms with Gasteiger partial charge in [0.15, 0.2) is 0 Å². The molecule has 1 unspecified atom stereocenters. The van der Waals surface area contributed by atoms with Crippen LogP contribution >= 0.6 is 22.9 Å². The van der Waals surface area contributed by atoms with Crippen molar-refractivity contribution >= 4 is 34.8 Å². The van der Waals surface area contributed by atoms with Gasteiger partial charge >= 0.3 is 5.97 Å². The van der Waals surface area contributed by atoms with Crippen LogP contribution in [-0.2, 0) is 24.1 Å². The highest BCUT2D eigenvalue weighted by Crippen LogP contribution is 2.32. The van der Waals surface area contributed by atoms with E-state index in [-0.39, 0.29) is 23.9 Å². The van der Waals surface area contributed by atoms with Gasteiger partial charge in [0.25, 0.3) is 11.5 Å². The molecule has 1 atom stereocenters. The Bertz CT molecular complexity index is 1720. The van der Waals surface area contributed by atoms with Crippen molar-refractivity contribution in [3.8, 4) is 27.5 Å². The van der Waals surface area contributed by atoms with Crippen molar-refractivity contribution in [2.45, 2.75) is 53.0 Å². The molecule has 0 saturated carbocycles. The first-order valence-corrected chi connectivity index (χ1v) is 16.3. The average molecular weight is 633 g/mol. The van der Waals surface area contributed by atoms with Crippen LogP contribution in [0.25, 0.3) is 27.5 Å². The van der Waals surface area contributed by atoms with Crippen LogP contribution in [0.2, 0.25) is 5.02 Å². The summed E-state index contributed by atoms with van der Waals surface area (Å²) in [5, 5.41) is 15.7. The smallest absolute Gasteiger partial charge is 0.322 e. The number of carboxylic acid groups (broad SMARTS) is 1. The molecule has 0 radical (unpaired) electrons. The molecule has 2 aromatic heterocycles. The first-order chi connectivity index (χ1) is 21.1. The molecular formula is C34H37ClN4O4S. The van der Waals surface area contributed by atoms with Crippen molar-refractivity contribution in [3.63, 3.8) is 0 Å². The van der Waals surface area contributed by atoms with Crippen molar-refractivity contribution in [2.24, 2.45) is 5.92 Å². The van der Waals surface area contributed by atoms with Gasteiger partial charge < -0.3 is 15.3 Å². The number of hydrogen-bond acceptors (Lipinski definition) is 6. The highest BCUT2D eigenvalue weighted by atomic mass is 35.5. The number of carbonyl (C=O) groups excluding carboxylic acids is 1. The predicted molar refractivity (Wildman–Crippen MR) is 176 cm³/mol. The number of hydrogen-bond donors (Lipinski definition) is 2. The van der Waals surface area contributed by atoms with E-state index in [1.54, 1.807) is 27.7 Å². The Morgan fingerprint density at radius 2 is 1.80 bits per heavy atom. The first kappa shape index (κ1) is 31.6. The number of aliphatic carboxylic acids is 1.